The molecule has 1 aromatic carbocycles. The van der Waals surface area contributed by atoms with Crippen molar-refractivity contribution in [1.82, 2.24) is 15.0 Å². The van der Waals surface area contributed by atoms with E-state index in [0.29, 0.717) is 18.9 Å². The smallest absolute Gasteiger partial charge is 0.355 e. The van der Waals surface area contributed by atoms with E-state index in [1.54, 1.807) is 0 Å². The van der Waals surface area contributed by atoms with Crippen LogP contribution in [0, 0.1) is 0 Å². The molecular weight excluding hydrogens is 365 g/mol. The van der Waals surface area contributed by atoms with E-state index in [-0.39, 0.29) is 10.9 Å². The van der Waals surface area contributed by atoms with Gasteiger partial charge >= 0.3 is 6.18 Å². The zero-order valence-corrected chi connectivity index (χ0v) is 14.5. The summed E-state index contributed by atoms with van der Waals surface area (Å²) in [5.74, 6) is 1.43. The van der Waals surface area contributed by atoms with Crippen LogP contribution in [0.2, 0.25) is 5.02 Å². The lowest BCUT2D eigenvalue weighted by Gasteiger charge is -2.33. The molecular formula is C18H16ClF3N4. The zero-order valence-electron chi connectivity index (χ0n) is 13.7. The summed E-state index contributed by atoms with van der Waals surface area (Å²) in [6.07, 6.45) is -1.77. The first-order valence-electron chi connectivity index (χ1n) is 8.34. The number of H-pyrrole nitrogens is 1. The predicted molar refractivity (Wildman–Crippen MR) is 94.5 cm³/mol. The van der Waals surface area contributed by atoms with Gasteiger partial charge in [0.1, 0.15) is 11.6 Å². The molecule has 1 fully saturated rings. The second-order valence-corrected chi connectivity index (χ2v) is 6.86. The van der Waals surface area contributed by atoms with Gasteiger partial charge in [-0.25, -0.2) is 9.97 Å². The van der Waals surface area contributed by atoms with Crippen molar-refractivity contribution in [3.05, 3.63) is 52.9 Å². The van der Waals surface area contributed by atoms with E-state index in [1.807, 2.05) is 29.2 Å². The molecule has 26 heavy (non-hydrogen) atoms. The molecule has 1 atom stereocenters. The minimum absolute atomic E-state index is 0.0186. The lowest BCUT2D eigenvalue weighted by molar-refractivity contribution is -0.137. The molecule has 8 heteroatoms. The van der Waals surface area contributed by atoms with Gasteiger partial charge in [0, 0.05) is 25.2 Å². The molecule has 1 aliphatic heterocycles. The van der Waals surface area contributed by atoms with Gasteiger partial charge in [0.25, 0.3) is 0 Å². The van der Waals surface area contributed by atoms with Gasteiger partial charge in [-0.15, -0.1) is 0 Å². The van der Waals surface area contributed by atoms with Crippen molar-refractivity contribution in [2.75, 3.05) is 18.0 Å². The molecule has 2 aromatic heterocycles. The number of para-hydroxylation sites is 2. The fourth-order valence-electron chi connectivity index (χ4n) is 3.38. The van der Waals surface area contributed by atoms with Crippen LogP contribution in [0.1, 0.15) is 30.1 Å². The predicted octanol–water partition coefficient (Wildman–Crippen LogP) is 5.01. The van der Waals surface area contributed by atoms with Gasteiger partial charge in [-0.1, -0.05) is 23.7 Å². The normalized spacial score (nSPS) is 18.5. The van der Waals surface area contributed by atoms with Gasteiger partial charge in [-0.3, -0.25) is 0 Å². The molecule has 0 saturated carbocycles. The molecule has 0 aliphatic carbocycles. The van der Waals surface area contributed by atoms with E-state index in [4.69, 9.17) is 11.6 Å². The van der Waals surface area contributed by atoms with E-state index in [0.717, 1.165) is 42.0 Å². The van der Waals surface area contributed by atoms with Crippen molar-refractivity contribution in [2.45, 2.75) is 24.9 Å². The third kappa shape index (κ3) is 3.23. The van der Waals surface area contributed by atoms with Crippen LogP contribution in [0.5, 0.6) is 0 Å². The number of rotatable bonds is 2. The third-order valence-electron chi connectivity index (χ3n) is 4.66. The number of fused-ring (bicyclic) bond motifs is 1. The molecule has 4 nitrogen and oxygen atoms in total. The standard InChI is InChI=1S/C18H16ClF3N4/c19-13-8-12(18(20,21)22)9-23-17(13)26-7-3-4-11(10-26)16-24-14-5-1-2-6-15(14)25-16/h1-2,5-6,8-9,11H,3-4,7,10H2,(H,24,25). The van der Waals surface area contributed by atoms with Crippen molar-refractivity contribution in [3.8, 4) is 0 Å². The second kappa shape index (κ2) is 6.46. The topological polar surface area (TPSA) is 44.8 Å². The summed E-state index contributed by atoms with van der Waals surface area (Å²) in [6, 6.07) is 8.75. The van der Waals surface area contributed by atoms with Crippen molar-refractivity contribution in [1.29, 1.82) is 0 Å². The van der Waals surface area contributed by atoms with E-state index in [9.17, 15) is 13.2 Å². The quantitative estimate of drug-likeness (QED) is 0.679. The van der Waals surface area contributed by atoms with E-state index < -0.39 is 11.7 Å². The van der Waals surface area contributed by atoms with Gasteiger partial charge in [0.05, 0.1) is 21.6 Å². The van der Waals surface area contributed by atoms with Crippen LogP contribution in [-0.4, -0.2) is 28.0 Å². The number of nitrogens with zero attached hydrogens (tertiary/aromatic N) is 3. The van der Waals surface area contributed by atoms with Crippen molar-refractivity contribution in [3.63, 3.8) is 0 Å². The molecule has 4 rings (SSSR count). The lowest BCUT2D eigenvalue weighted by Crippen LogP contribution is -2.35. The number of aromatic nitrogens is 3. The molecule has 1 aliphatic rings. The fourth-order valence-corrected chi connectivity index (χ4v) is 3.66. The maximum Gasteiger partial charge on any atom is 0.417 e. The first kappa shape index (κ1) is 17.1. The molecule has 0 amide bonds. The highest BCUT2D eigenvalue weighted by Gasteiger charge is 2.33. The van der Waals surface area contributed by atoms with E-state index in [1.165, 1.54) is 0 Å². The fraction of sp³-hybridized carbons (Fsp3) is 0.333. The Morgan fingerprint density at radius 1 is 1.23 bits per heavy atom. The maximum atomic E-state index is 12.8. The highest BCUT2D eigenvalue weighted by atomic mass is 35.5. The van der Waals surface area contributed by atoms with Crippen LogP contribution in [0.25, 0.3) is 11.0 Å². The highest BCUT2D eigenvalue weighted by molar-refractivity contribution is 6.33. The molecule has 1 N–H and O–H groups in total. The van der Waals surface area contributed by atoms with Crippen LogP contribution >= 0.6 is 11.6 Å². The van der Waals surface area contributed by atoms with Crippen LogP contribution in [0.4, 0.5) is 19.0 Å². The summed E-state index contributed by atoms with van der Waals surface area (Å²) in [4.78, 5) is 13.9. The summed E-state index contributed by atoms with van der Waals surface area (Å²) < 4.78 is 38.4. The average Bonchev–Trinajstić information content (AvgIpc) is 3.05. The Morgan fingerprint density at radius 2 is 2.04 bits per heavy atom. The minimum atomic E-state index is -4.45. The van der Waals surface area contributed by atoms with E-state index in [2.05, 4.69) is 15.0 Å². The van der Waals surface area contributed by atoms with Crippen LogP contribution in [0.15, 0.2) is 36.5 Å². The Hall–Kier alpha value is -2.28. The molecule has 1 saturated heterocycles. The van der Waals surface area contributed by atoms with Gasteiger partial charge in [0.15, 0.2) is 0 Å². The van der Waals surface area contributed by atoms with E-state index >= 15 is 0 Å². The number of pyridine rings is 1. The third-order valence-corrected chi connectivity index (χ3v) is 4.94. The number of benzene rings is 1. The van der Waals surface area contributed by atoms with Gasteiger partial charge in [-0.05, 0) is 31.0 Å². The second-order valence-electron chi connectivity index (χ2n) is 6.45. The number of alkyl halides is 3. The van der Waals surface area contributed by atoms with Crippen molar-refractivity contribution < 1.29 is 13.2 Å². The number of aromatic amines is 1. The van der Waals surface area contributed by atoms with Gasteiger partial charge < -0.3 is 9.88 Å². The monoisotopic (exact) mass is 380 g/mol. The number of imidazole rings is 1. The molecule has 3 heterocycles. The Kier molecular flexibility index (Phi) is 4.26. The summed E-state index contributed by atoms with van der Waals surface area (Å²) >= 11 is 6.10. The van der Waals surface area contributed by atoms with Gasteiger partial charge in [-0.2, -0.15) is 13.2 Å². The number of hydrogen-bond donors (Lipinski definition) is 1. The molecule has 0 spiro atoms. The molecule has 3 aromatic rings. The first-order valence-corrected chi connectivity index (χ1v) is 8.72. The molecule has 0 bridgehead atoms. The van der Waals surface area contributed by atoms with Crippen molar-refractivity contribution in [2.24, 2.45) is 0 Å². The number of nitrogens with one attached hydrogen (secondary N) is 1. The molecule has 1 unspecified atom stereocenters. The Labute approximate surface area is 153 Å². The van der Waals surface area contributed by atoms with Crippen LogP contribution < -0.4 is 4.90 Å². The summed E-state index contributed by atoms with van der Waals surface area (Å²) in [5.41, 5.74) is 1.05. The SMILES string of the molecule is FC(F)(F)c1cnc(N2CCCC(c3nc4ccccc4[nH]3)C2)c(Cl)c1. The summed E-state index contributed by atoms with van der Waals surface area (Å²) in [7, 11) is 0. The van der Waals surface area contributed by atoms with Crippen LogP contribution in [0.3, 0.4) is 0 Å². The zero-order chi connectivity index (χ0) is 18.3. The summed E-state index contributed by atoms with van der Waals surface area (Å²) in [5, 5.41) is 0.0186. The van der Waals surface area contributed by atoms with Gasteiger partial charge in [0.2, 0.25) is 0 Å². The molecule has 0 radical (unpaired) electrons. The van der Waals surface area contributed by atoms with Crippen molar-refractivity contribution >= 4 is 28.5 Å². The first-order chi connectivity index (χ1) is 12.4. The lowest BCUT2D eigenvalue weighted by atomic mass is 9.97. The molecule has 136 valence electrons. The minimum Gasteiger partial charge on any atom is -0.355 e. The number of anilines is 1. The number of halogens is 4. The Morgan fingerprint density at radius 3 is 2.77 bits per heavy atom. The maximum absolute atomic E-state index is 12.8. The highest BCUT2D eigenvalue weighted by Crippen LogP contribution is 2.36. The summed E-state index contributed by atoms with van der Waals surface area (Å²) in [6.45, 7) is 1.31. The number of hydrogen-bond acceptors (Lipinski definition) is 3. The largest absolute Gasteiger partial charge is 0.417 e. The van der Waals surface area contributed by atoms with Crippen LogP contribution in [-0.2, 0) is 6.18 Å². The Balaban J connectivity index is 1.58. The average molecular weight is 381 g/mol. The number of piperidine rings is 1. The Bertz CT molecular complexity index is 905.